The van der Waals surface area contributed by atoms with Gasteiger partial charge in [-0.3, -0.25) is 0 Å². The fraction of sp³-hybridized carbons (Fsp3) is 0.250. The third-order valence-electron chi connectivity index (χ3n) is 3.31. The van der Waals surface area contributed by atoms with Crippen molar-refractivity contribution in [2.75, 3.05) is 21.3 Å². The van der Waals surface area contributed by atoms with Crippen LogP contribution in [0.2, 0.25) is 5.02 Å². The zero-order chi connectivity index (χ0) is 15.4. The van der Waals surface area contributed by atoms with Crippen LogP contribution in [0.1, 0.15) is 17.2 Å². The molecule has 2 rings (SSSR count). The van der Waals surface area contributed by atoms with E-state index < -0.39 is 6.04 Å². The second-order valence-electron chi connectivity index (χ2n) is 4.46. The summed E-state index contributed by atoms with van der Waals surface area (Å²) in [5, 5.41) is 3.65. The third-order valence-corrected chi connectivity index (χ3v) is 3.55. The number of benzene rings is 2. The summed E-state index contributed by atoms with van der Waals surface area (Å²) in [6.07, 6.45) is 0. The molecule has 2 aromatic carbocycles. The van der Waals surface area contributed by atoms with Crippen LogP contribution in [0.25, 0.3) is 0 Å². The molecule has 0 saturated heterocycles. The van der Waals surface area contributed by atoms with Crippen LogP contribution in [0.4, 0.5) is 4.39 Å². The number of halogens is 2. The quantitative estimate of drug-likeness (QED) is 0.911. The molecule has 2 aromatic rings. The molecule has 0 radical (unpaired) electrons. The van der Waals surface area contributed by atoms with Crippen LogP contribution in [-0.2, 0) is 0 Å². The van der Waals surface area contributed by atoms with Crippen LogP contribution in [0.3, 0.4) is 0 Å². The van der Waals surface area contributed by atoms with Gasteiger partial charge in [0.1, 0.15) is 17.3 Å². The monoisotopic (exact) mass is 309 g/mol. The largest absolute Gasteiger partial charge is 0.496 e. The lowest BCUT2D eigenvalue weighted by Gasteiger charge is -2.22. The van der Waals surface area contributed by atoms with Crippen LogP contribution < -0.4 is 14.8 Å². The molecule has 0 fully saturated rings. The van der Waals surface area contributed by atoms with Crippen LogP contribution in [-0.4, -0.2) is 21.3 Å². The summed E-state index contributed by atoms with van der Waals surface area (Å²) >= 11 is 6.07. The molecule has 0 bridgehead atoms. The molecule has 0 heterocycles. The number of rotatable bonds is 5. The Morgan fingerprint density at radius 2 is 1.81 bits per heavy atom. The van der Waals surface area contributed by atoms with E-state index in [1.807, 2.05) is 0 Å². The van der Waals surface area contributed by atoms with E-state index in [9.17, 15) is 4.39 Å². The first-order valence-corrected chi connectivity index (χ1v) is 6.83. The Bertz CT molecular complexity index is 634. The average Bonchev–Trinajstić information content (AvgIpc) is 2.49. The first-order valence-electron chi connectivity index (χ1n) is 6.45. The van der Waals surface area contributed by atoms with Gasteiger partial charge < -0.3 is 14.8 Å². The molecule has 5 heteroatoms. The smallest absolute Gasteiger partial charge is 0.132 e. The fourth-order valence-corrected chi connectivity index (χ4v) is 2.54. The van der Waals surface area contributed by atoms with Crippen molar-refractivity contribution in [1.29, 1.82) is 0 Å². The van der Waals surface area contributed by atoms with Crippen LogP contribution in [0, 0.1) is 5.82 Å². The molecule has 1 atom stereocenters. The molecule has 0 aliphatic heterocycles. The normalized spacial score (nSPS) is 12.0. The number of ether oxygens (including phenoxy) is 2. The van der Waals surface area contributed by atoms with E-state index in [1.165, 1.54) is 13.2 Å². The van der Waals surface area contributed by atoms with Crippen molar-refractivity contribution >= 4 is 11.6 Å². The van der Waals surface area contributed by atoms with E-state index in [0.29, 0.717) is 22.1 Å². The maximum absolute atomic E-state index is 14.3. The summed E-state index contributed by atoms with van der Waals surface area (Å²) in [6.45, 7) is 0. The van der Waals surface area contributed by atoms with Gasteiger partial charge in [-0.1, -0.05) is 17.7 Å². The van der Waals surface area contributed by atoms with Gasteiger partial charge in [-0.25, -0.2) is 4.39 Å². The van der Waals surface area contributed by atoms with Crippen LogP contribution in [0.15, 0.2) is 36.4 Å². The molecule has 21 heavy (non-hydrogen) atoms. The fourth-order valence-electron chi connectivity index (χ4n) is 2.36. The Morgan fingerprint density at radius 3 is 2.43 bits per heavy atom. The predicted octanol–water partition coefficient (Wildman–Crippen LogP) is 3.81. The highest BCUT2D eigenvalue weighted by Gasteiger charge is 2.23. The first-order chi connectivity index (χ1) is 10.1. The second kappa shape index (κ2) is 6.78. The van der Waals surface area contributed by atoms with E-state index in [0.717, 1.165) is 5.56 Å². The highest BCUT2D eigenvalue weighted by Crippen LogP contribution is 2.37. The van der Waals surface area contributed by atoms with E-state index in [1.54, 1.807) is 44.5 Å². The van der Waals surface area contributed by atoms with E-state index in [-0.39, 0.29) is 5.82 Å². The van der Waals surface area contributed by atoms with E-state index in [4.69, 9.17) is 21.1 Å². The van der Waals surface area contributed by atoms with Crippen molar-refractivity contribution in [3.05, 3.63) is 58.4 Å². The summed E-state index contributed by atoms with van der Waals surface area (Å²) in [7, 11) is 4.83. The highest BCUT2D eigenvalue weighted by molar-refractivity contribution is 6.30. The molecule has 0 aliphatic rings. The molecule has 0 saturated carbocycles. The van der Waals surface area contributed by atoms with Gasteiger partial charge in [-0.2, -0.15) is 0 Å². The molecule has 3 nitrogen and oxygen atoms in total. The number of nitrogens with one attached hydrogen (secondary N) is 1. The second-order valence-corrected chi connectivity index (χ2v) is 4.90. The Balaban J connectivity index is 2.63. The molecule has 0 amide bonds. The third kappa shape index (κ3) is 3.12. The molecular formula is C16H17ClFNO2. The Labute approximate surface area is 128 Å². The van der Waals surface area contributed by atoms with Gasteiger partial charge in [0.15, 0.2) is 0 Å². The van der Waals surface area contributed by atoms with Gasteiger partial charge in [0.2, 0.25) is 0 Å². The minimum atomic E-state index is -0.435. The summed E-state index contributed by atoms with van der Waals surface area (Å²) in [5.74, 6) is 0.746. The summed E-state index contributed by atoms with van der Waals surface area (Å²) < 4.78 is 24.9. The Morgan fingerprint density at radius 1 is 1.10 bits per heavy atom. The van der Waals surface area contributed by atoms with Crippen LogP contribution in [0.5, 0.6) is 11.5 Å². The zero-order valence-corrected chi connectivity index (χ0v) is 12.9. The van der Waals surface area contributed by atoms with Crippen molar-refractivity contribution in [1.82, 2.24) is 5.32 Å². The van der Waals surface area contributed by atoms with Crippen molar-refractivity contribution in [2.45, 2.75) is 6.04 Å². The molecular weight excluding hydrogens is 293 g/mol. The molecule has 112 valence electrons. The van der Waals surface area contributed by atoms with Crippen molar-refractivity contribution in [3.63, 3.8) is 0 Å². The van der Waals surface area contributed by atoms with Gasteiger partial charge in [0, 0.05) is 10.6 Å². The topological polar surface area (TPSA) is 30.5 Å². The van der Waals surface area contributed by atoms with Gasteiger partial charge in [-0.15, -0.1) is 0 Å². The maximum Gasteiger partial charge on any atom is 0.132 e. The summed E-state index contributed by atoms with van der Waals surface area (Å²) in [5.41, 5.74) is 1.17. The lowest BCUT2D eigenvalue weighted by atomic mass is 9.96. The Kier molecular flexibility index (Phi) is 5.04. The molecule has 1 N–H and O–H groups in total. The predicted molar refractivity (Wildman–Crippen MR) is 81.9 cm³/mol. The Hall–Kier alpha value is -1.78. The standard InChI is InChI=1S/C16H17ClFNO2/c1-19-16(11-9-10(17)7-8-13(11)20-2)15-12(18)5-4-6-14(15)21-3/h4-9,16,19H,1-3H3. The van der Waals surface area contributed by atoms with Crippen molar-refractivity contribution in [3.8, 4) is 11.5 Å². The van der Waals surface area contributed by atoms with Gasteiger partial charge >= 0.3 is 0 Å². The minimum absolute atomic E-state index is 0.351. The van der Waals surface area contributed by atoms with Crippen molar-refractivity contribution in [2.24, 2.45) is 0 Å². The maximum atomic E-state index is 14.3. The average molecular weight is 310 g/mol. The summed E-state index contributed by atoms with van der Waals surface area (Å²) in [4.78, 5) is 0. The lowest BCUT2D eigenvalue weighted by molar-refractivity contribution is 0.390. The van der Waals surface area contributed by atoms with E-state index in [2.05, 4.69) is 5.32 Å². The molecule has 0 spiro atoms. The highest BCUT2D eigenvalue weighted by atomic mass is 35.5. The lowest BCUT2D eigenvalue weighted by Crippen LogP contribution is -2.20. The SMILES string of the molecule is CNC(c1cc(Cl)ccc1OC)c1c(F)cccc1OC. The number of methoxy groups -OCH3 is 2. The van der Waals surface area contributed by atoms with E-state index >= 15 is 0 Å². The zero-order valence-electron chi connectivity index (χ0n) is 12.1. The van der Waals surface area contributed by atoms with Crippen LogP contribution >= 0.6 is 11.6 Å². The van der Waals surface area contributed by atoms with Gasteiger partial charge in [0.25, 0.3) is 0 Å². The molecule has 0 aromatic heterocycles. The minimum Gasteiger partial charge on any atom is -0.496 e. The number of hydrogen-bond donors (Lipinski definition) is 1. The molecule has 1 unspecified atom stereocenters. The summed E-state index contributed by atoms with van der Waals surface area (Å²) in [6, 6.07) is 9.55. The van der Waals surface area contributed by atoms with Gasteiger partial charge in [-0.05, 0) is 37.4 Å². The molecule has 0 aliphatic carbocycles. The first kappa shape index (κ1) is 15.6. The number of hydrogen-bond acceptors (Lipinski definition) is 3. The van der Waals surface area contributed by atoms with Gasteiger partial charge in [0.05, 0.1) is 25.8 Å². The van der Waals surface area contributed by atoms with Crippen molar-refractivity contribution < 1.29 is 13.9 Å².